The Kier molecular flexibility index (Phi) is 10.6. The van der Waals surface area contributed by atoms with Crippen LogP contribution in [0.2, 0.25) is 0 Å². The molecule has 4 aromatic rings. The van der Waals surface area contributed by atoms with E-state index in [0.717, 1.165) is 88.1 Å². The van der Waals surface area contributed by atoms with E-state index in [-0.39, 0.29) is 47.8 Å². The van der Waals surface area contributed by atoms with Crippen LogP contribution < -0.4 is 22.1 Å². The number of aromatic nitrogens is 8. The van der Waals surface area contributed by atoms with Gasteiger partial charge in [-0.2, -0.15) is 19.9 Å². The van der Waals surface area contributed by atoms with Crippen LogP contribution in [0.5, 0.6) is 0 Å². The highest BCUT2D eigenvalue weighted by atomic mass is 16.5. The van der Waals surface area contributed by atoms with Crippen molar-refractivity contribution in [2.75, 3.05) is 35.3 Å². The Hall–Kier alpha value is -5.28. The molecule has 4 aromatic heterocycles. The number of esters is 2. The number of ether oxygens (including phenoxy) is 2. The number of rotatable bonds is 19. The predicted molar refractivity (Wildman–Crippen MR) is 204 cm³/mol. The van der Waals surface area contributed by atoms with Gasteiger partial charge in [-0.1, -0.05) is 50.0 Å². The molecule has 0 spiro atoms. The summed E-state index contributed by atoms with van der Waals surface area (Å²) in [6.07, 6.45) is 24.5. The second kappa shape index (κ2) is 16.0. The number of fused-ring (bicyclic) bond motifs is 2. The number of nitrogens with one attached hydrogen (secondary N) is 2. The number of hydrogen-bond donors (Lipinski definition) is 4. The molecule has 0 radical (unpaired) electrons. The zero-order valence-corrected chi connectivity index (χ0v) is 30.6. The third-order valence-electron chi connectivity index (χ3n) is 10.7. The fraction of sp³-hybridized carbons (Fsp3) is 0.579. The smallest absolute Gasteiger partial charge is 0.305 e. The van der Waals surface area contributed by atoms with Gasteiger partial charge in [0.05, 0.1) is 38.0 Å². The van der Waals surface area contributed by atoms with Gasteiger partial charge in [-0.15, -0.1) is 0 Å². The summed E-state index contributed by atoms with van der Waals surface area (Å²) in [5, 5.41) is 6.80. The number of hydrogen-bond acceptors (Lipinski definition) is 14. The topological polar surface area (TPSA) is 216 Å². The predicted octanol–water partition coefficient (Wildman–Crippen LogP) is 5.42. The van der Waals surface area contributed by atoms with E-state index < -0.39 is 0 Å². The lowest BCUT2D eigenvalue weighted by Crippen LogP contribution is -2.14. The SMILES string of the molecule is Nc1nc(NC2CC2)c2ncn([C@@H]3C=C[C@H](COC(=O)CCCCCCCCC(=O)OC[C@H]4C=C[C@@H](n5cnc6c(NC7CC7)nc(N)nc65)C4)C3)c2n1. The maximum absolute atomic E-state index is 12.4. The maximum atomic E-state index is 12.4. The quantitative estimate of drug-likeness (QED) is 0.0537. The molecule has 286 valence electrons. The van der Waals surface area contributed by atoms with E-state index in [1.54, 1.807) is 12.7 Å². The average Bonchev–Trinajstić information content (AvgIpc) is 3.88. The lowest BCUT2D eigenvalue weighted by molar-refractivity contribution is -0.145. The largest absolute Gasteiger partial charge is 0.465 e. The Morgan fingerprint density at radius 1 is 0.630 bits per heavy atom. The van der Waals surface area contributed by atoms with Gasteiger partial charge in [0.2, 0.25) is 11.9 Å². The average molecular weight is 739 g/mol. The Morgan fingerprint density at radius 3 is 1.48 bits per heavy atom. The lowest BCUT2D eigenvalue weighted by Gasteiger charge is -2.15. The number of carbonyl (C=O) groups is 2. The van der Waals surface area contributed by atoms with E-state index in [9.17, 15) is 9.59 Å². The van der Waals surface area contributed by atoms with Crippen molar-refractivity contribution in [1.29, 1.82) is 0 Å². The second-order valence-electron chi connectivity index (χ2n) is 15.2. The van der Waals surface area contributed by atoms with Crippen LogP contribution in [-0.2, 0) is 19.1 Å². The molecule has 6 N–H and O–H groups in total. The van der Waals surface area contributed by atoms with Gasteiger partial charge in [0.15, 0.2) is 34.0 Å². The highest BCUT2D eigenvalue weighted by molar-refractivity contribution is 5.85. The van der Waals surface area contributed by atoms with Crippen LogP contribution in [0.3, 0.4) is 0 Å². The van der Waals surface area contributed by atoms with Gasteiger partial charge >= 0.3 is 11.9 Å². The van der Waals surface area contributed by atoms with Crippen LogP contribution in [0, 0.1) is 11.8 Å². The van der Waals surface area contributed by atoms with E-state index >= 15 is 0 Å². The molecule has 0 amide bonds. The standard InChI is InChI=1S/C38H50N12O4/c39-37-45-33(43-25-11-12-25)31-35(47-37)49(21-41-31)27-15-9-23(17-27)19-53-29(51)7-5-3-1-2-4-6-8-30(52)54-20-24-10-16-28(18-24)50-22-42-32-34(44-26-13-14-26)46-38(40)48-36(32)50/h9-10,15-16,21-28H,1-8,11-14,17-20H2,(H3,39,43,45,47)(H3,40,44,46,48)/t23-,24-,27+,28+/m0/s1. The van der Waals surface area contributed by atoms with Crippen LogP contribution in [-0.4, -0.2) is 76.3 Å². The van der Waals surface area contributed by atoms with E-state index in [0.29, 0.717) is 61.1 Å². The first-order valence-electron chi connectivity index (χ1n) is 19.6. The minimum absolute atomic E-state index is 0.0657. The number of nitrogens with two attached hydrogens (primary N) is 2. The first-order chi connectivity index (χ1) is 26.4. The molecule has 4 atom stereocenters. The Bertz CT molecular complexity index is 1890. The summed E-state index contributed by atoms with van der Waals surface area (Å²) in [4.78, 5) is 51.7. The molecule has 16 heteroatoms. The van der Waals surface area contributed by atoms with Crippen molar-refractivity contribution in [3.8, 4) is 0 Å². The second-order valence-corrected chi connectivity index (χ2v) is 15.2. The highest BCUT2D eigenvalue weighted by Gasteiger charge is 2.29. The Morgan fingerprint density at radius 2 is 1.06 bits per heavy atom. The van der Waals surface area contributed by atoms with Gasteiger partial charge in [0, 0.05) is 36.8 Å². The molecule has 0 saturated heterocycles. The van der Waals surface area contributed by atoms with Crippen molar-refractivity contribution in [1.82, 2.24) is 39.0 Å². The number of unbranched alkanes of at least 4 members (excludes halogenated alkanes) is 5. The summed E-state index contributed by atoms with van der Waals surface area (Å²) in [7, 11) is 0. The normalized spacial score (nSPS) is 22.0. The minimum atomic E-state index is -0.158. The van der Waals surface area contributed by atoms with Crippen LogP contribution in [0.25, 0.3) is 22.3 Å². The molecule has 0 aromatic carbocycles. The molecule has 4 aliphatic rings. The summed E-state index contributed by atoms with van der Waals surface area (Å²) < 4.78 is 15.3. The Labute approximate surface area is 313 Å². The van der Waals surface area contributed by atoms with Gasteiger partial charge in [0.1, 0.15) is 0 Å². The molecular formula is C38H50N12O4. The zero-order valence-electron chi connectivity index (χ0n) is 30.6. The molecule has 8 rings (SSSR count). The molecular weight excluding hydrogens is 688 g/mol. The van der Waals surface area contributed by atoms with Crippen molar-refractivity contribution in [2.45, 2.75) is 114 Å². The summed E-state index contributed by atoms with van der Waals surface area (Å²) in [5.41, 5.74) is 14.9. The molecule has 54 heavy (non-hydrogen) atoms. The number of anilines is 4. The monoisotopic (exact) mass is 738 g/mol. The molecule has 0 bridgehead atoms. The lowest BCUT2D eigenvalue weighted by atomic mass is 10.1. The molecule has 4 aliphatic carbocycles. The molecule has 16 nitrogen and oxygen atoms in total. The van der Waals surface area contributed by atoms with Crippen molar-refractivity contribution in [3.63, 3.8) is 0 Å². The third kappa shape index (κ3) is 8.74. The first-order valence-corrected chi connectivity index (χ1v) is 19.6. The van der Waals surface area contributed by atoms with Gasteiger partial charge < -0.3 is 40.7 Å². The van der Waals surface area contributed by atoms with Crippen LogP contribution in [0.4, 0.5) is 23.5 Å². The molecule has 2 saturated carbocycles. The summed E-state index contributed by atoms with van der Waals surface area (Å²) in [5.74, 6) is 1.79. The third-order valence-corrected chi connectivity index (χ3v) is 10.7. The number of allylic oxidation sites excluding steroid dienone is 2. The summed E-state index contributed by atoms with van der Waals surface area (Å²) >= 11 is 0. The van der Waals surface area contributed by atoms with Gasteiger partial charge in [-0.05, 0) is 51.4 Å². The molecule has 2 fully saturated rings. The van der Waals surface area contributed by atoms with E-state index in [4.69, 9.17) is 20.9 Å². The molecule has 4 heterocycles. The number of nitrogens with zero attached hydrogens (tertiary/aromatic N) is 8. The van der Waals surface area contributed by atoms with Crippen LogP contribution in [0.15, 0.2) is 37.0 Å². The summed E-state index contributed by atoms with van der Waals surface area (Å²) in [6, 6.07) is 0.993. The fourth-order valence-electron chi connectivity index (χ4n) is 7.35. The van der Waals surface area contributed by atoms with E-state index in [1.807, 2.05) is 9.13 Å². The first kappa shape index (κ1) is 35.7. The molecule has 0 aliphatic heterocycles. The van der Waals surface area contributed by atoms with E-state index in [1.165, 1.54) is 0 Å². The number of carbonyl (C=O) groups excluding carboxylic acids is 2. The van der Waals surface area contributed by atoms with Crippen molar-refractivity contribution in [2.24, 2.45) is 11.8 Å². The van der Waals surface area contributed by atoms with Crippen molar-refractivity contribution in [3.05, 3.63) is 37.0 Å². The Balaban J connectivity index is 0.660. The number of imidazole rings is 2. The van der Waals surface area contributed by atoms with Crippen LogP contribution >= 0.6 is 0 Å². The number of nitrogen functional groups attached to an aromatic ring is 2. The van der Waals surface area contributed by atoms with Gasteiger partial charge in [-0.25, -0.2) is 9.97 Å². The zero-order chi connectivity index (χ0) is 37.0. The summed E-state index contributed by atoms with van der Waals surface area (Å²) in [6.45, 7) is 0.729. The van der Waals surface area contributed by atoms with Crippen LogP contribution in [0.1, 0.15) is 102 Å². The molecule has 0 unspecified atom stereocenters. The van der Waals surface area contributed by atoms with Crippen molar-refractivity contribution < 1.29 is 19.1 Å². The fourth-order valence-corrected chi connectivity index (χ4v) is 7.35. The maximum Gasteiger partial charge on any atom is 0.305 e. The highest BCUT2D eigenvalue weighted by Crippen LogP contribution is 2.35. The van der Waals surface area contributed by atoms with Crippen molar-refractivity contribution >= 4 is 57.8 Å². The minimum Gasteiger partial charge on any atom is -0.465 e. The van der Waals surface area contributed by atoms with E-state index in [2.05, 4.69) is 64.8 Å². The van der Waals surface area contributed by atoms with Gasteiger partial charge in [-0.3, -0.25) is 9.59 Å². The van der Waals surface area contributed by atoms with Gasteiger partial charge in [0.25, 0.3) is 0 Å².